The molecule has 100 valence electrons. The zero-order chi connectivity index (χ0) is 13.8. The molecule has 1 atom stereocenters. The number of hydrogen-bond acceptors (Lipinski definition) is 2. The van der Waals surface area contributed by atoms with Gasteiger partial charge in [0.2, 0.25) is 0 Å². The van der Waals surface area contributed by atoms with Crippen LogP contribution >= 0.6 is 0 Å². The van der Waals surface area contributed by atoms with E-state index in [0.717, 1.165) is 6.42 Å². The van der Waals surface area contributed by atoms with Gasteiger partial charge in [0.1, 0.15) is 5.54 Å². The van der Waals surface area contributed by atoms with E-state index in [1.54, 1.807) is 32.7 Å². The van der Waals surface area contributed by atoms with Crippen LogP contribution in [-0.2, 0) is 4.79 Å². The minimum Gasteiger partial charge on any atom is -0.480 e. The van der Waals surface area contributed by atoms with Crippen LogP contribution in [0.5, 0.6) is 0 Å². The largest absolute Gasteiger partial charge is 0.480 e. The van der Waals surface area contributed by atoms with Gasteiger partial charge in [0.15, 0.2) is 0 Å². The van der Waals surface area contributed by atoms with E-state index in [1.165, 1.54) is 4.90 Å². The lowest BCUT2D eigenvalue weighted by atomic mass is 10.0. The monoisotopic (exact) mass is 244 g/mol. The molecule has 0 aromatic rings. The summed E-state index contributed by atoms with van der Waals surface area (Å²) in [5.41, 5.74) is -1.19. The van der Waals surface area contributed by atoms with Gasteiger partial charge in [-0.15, -0.1) is 0 Å². The van der Waals surface area contributed by atoms with E-state index < -0.39 is 11.5 Å². The summed E-state index contributed by atoms with van der Waals surface area (Å²) in [5.74, 6) is -0.995. The lowest BCUT2D eigenvalue weighted by molar-refractivity contribution is -0.147. The van der Waals surface area contributed by atoms with E-state index in [1.807, 2.05) is 13.8 Å². The van der Waals surface area contributed by atoms with E-state index in [4.69, 9.17) is 5.11 Å². The highest BCUT2D eigenvalue weighted by molar-refractivity contribution is 5.85. The number of nitrogens with zero attached hydrogens (tertiary/aromatic N) is 2. The topological polar surface area (TPSA) is 60.9 Å². The molecule has 0 aromatic heterocycles. The minimum absolute atomic E-state index is 0.0983. The van der Waals surface area contributed by atoms with Gasteiger partial charge < -0.3 is 14.9 Å². The van der Waals surface area contributed by atoms with Crippen LogP contribution in [0, 0.1) is 0 Å². The predicted octanol–water partition coefficient (Wildman–Crippen LogP) is 2.02. The highest BCUT2D eigenvalue weighted by Gasteiger charge is 2.38. The molecular formula is C12H24N2O3. The number of amides is 2. The van der Waals surface area contributed by atoms with E-state index in [2.05, 4.69) is 0 Å². The van der Waals surface area contributed by atoms with Gasteiger partial charge >= 0.3 is 12.0 Å². The first-order valence-corrected chi connectivity index (χ1v) is 5.97. The Morgan fingerprint density at radius 3 is 2.06 bits per heavy atom. The Morgan fingerprint density at radius 2 is 1.76 bits per heavy atom. The van der Waals surface area contributed by atoms with E-state index in [0.29, 0.717) is 6.54 Å². The minimum atomic E-state index is -1.19. The molecule has 5 nitrogen and oxygen atoms in total. The number of likely N-dealkylation sites (N-methyl/N-ethyl adjacent to an activating group) is 1. The first-order valence-electron chi connectivity index (χ1n) is 5.97. The van der Waals surface area contributed by atoms with E-state index >= 15 is 0 Å². The third-order valence-corrected chi connectivity index (χ3v) is 3.30. The zero-order valence-electron chi connectivity index (χ0n) is 11.6. The second kappa shape index (κ2) is 5.89. The van der Waals surface area contributed by atoms with Gasteiger partial charge in [0.05, 0.1) is 0 Å². The molecule has 1 unspecified atom stereocenters. The maximum absolute atomic E-state index is 12.2. The molecule has 0 aliphatic rings. The highest BCUT2D eigenvalue weighted by Crippen LogP contribution is 2.17. The molecule has 0 aliphatic heterocycles. The predicted molar refractivity (Wildman–Crippen MR) is 67.0 cm³/mol. The van der Waals surface area contributed by atoms with Crippen molar-refractivity contribution in [2.75, 3.05) is 13.6 Å². The van der Waals surface area contributed by atoms with Crippen LogP contribution in [0.3, 0.4) is 0 Å². The second-order valence-corrected chi connectivity index (χ2v) is 4.76. The van der Waals surface area contributed by atoms with Crippen molar-refractivity contribution in [3.05, 3.63) is 0 Å². The third kappa shape index (κ3) is 3.35. The maximum atomic E-state index is 12.2. The smallest absolute Gasteiger partial charge is 0.329 e. The number of urea groups is 1. The normalized spacial score (nSPS) is 13.1. The third-order valence-electron chi connectivity index (χ3n) is 3.30. The Balaban J connectivity index is 5.02. The van der Waals surface area contributed by atoms with Gasteiger partial charge in [-0.1, -0.05) is 6.92 Å². The highest BCUT2D eigenvalue weighted by atomic mass is 16.4. The molecule has 1 N–H and O–H groups in total. The first kappa shape index (κ1) is 15.7. The number of rotatable bonds is 5. The molecule has 0 bridgehead atoms. The van der Waals surface area contributed by atoms with Crippen molar-refractivity contribution in [1.82, 2.24) is 9.80 Å². The van der Waals surface area contributed by atoms with Gasteiger partial charge in [-0.05, 0) is 34.1 Å². The molecule has 5 heteroatoms. The van der Waals surface area contributed by atoms with Crippen molar-refractivity contribution >= 4 is 12.0 Å². The number of carbonyl (C=O) groups is 2. The van der Waals surface area contributed by atoms with Gasteiger partial charge in [0.25, 0.3) is 0 Å². The van der Waals surface area contributed by atoms with Crippen LogP contribution in [-0.4, -0.2) is 52.1 Å². The molecular weight excluding hydrogens is 220 g/mol. The number of carboxylic acids is 1. The lowest BCUT2D eigenvalue weighted by Gasteiger charge is -2.38. The van der Waals surface area contributed by atoms with Crippen molar-refractivity contribution in [3.63, 3.8) is 0 Å². The standard InChI is InChI=1S/C12H24N2O3/c1-7-9(3)13(6)11(17)14(8-2)12(4,5)10(15)16/h9H,7-8H2,1-6H3,(H,15,16). The van der Waals surface area contributed by atoms with Crippen LogP contribution in [0.2, 0.25) is 0 Å². The summed E-state index contributed by atoms with van der Waals surface area (Å²) in [7, 11) is 1.71. The summed E-state index contributed by atoms with van der Waals surface area (Å²) < 4.78 is 0. The second-order valence-electron chi connectivity index (χ2n) is 4.76. The Labute approximate surface area is 103 Å². The van der Waals surface area contributed by atoms with Crippen LogP contribution in [0.15, 0.2) is 0 Å². The average molecular weight is 244 g/mol. The van der Waals surface area contributed by atoms with E-state index in [9.17, 15) is 9.59 Å². The molecule has 2 amide bonds. The Bertz CT molecular complexity index is 289. The van der Waals surface area contributed by atoms with Gasteiger partial charge in [-0.3, -0.25) is 0 Å². The molecule has 0 rings (SSSR count). The molecule has 0 fully saturated rings. The van der Waals surface area contributed by atoms with Crippen molar-refractivity contribution < 1.29 is 14.7 Å². The molecule has 0 aromatic carbocycles. The zero-order valence-corrected chi connectivity index (χ0v) is 11.6. The van der Waals surface area contributed by atoms with Crippen molar-refractivity contribution in [3.8, 4) is 0 Å². The number of aliphatic carboxylic acids is 1. The van der Waals surface area contributed by atoms with Gasteiger partial charge in [-0.25, -0.2) is 9.59 Å². The fraction of sp³-hybridized carbons (Fsp3) is 0.833. The van der Waals surface area contributed by atoms with Gasteiger partial charge in [0, 0.05) is 19.6 Å². The van der Waals surface area contributed by atoms with Crippen LogP contribution < -0.4 is 0 Å². The molecule has 0 aliphatic carbocycles. The Kier molecular flexibility index (Phi) is 5.45. The fourth-order valence-corrected chi connectivity index (χ4v) is 1.54. The summed E-state index contributed by atoms with van der Waals surface area (Å²) in [6.07, 6.45) is 0.841. The first-order chi connectivity index (χ1) is 7.69. The van der Waals surface area contributed by atoms with Gasteiger partial charge in [-0.2, -0.15) is 0 Å². The molecule has 0 spiro atoms. The average Bonchev–Trinajstić information content (AvgIpc) is 2.27. The fourth-order valence-electron chi connectivity index (χ4n) is 1.54. The Hall–Kier alpha value is -1.26. The number of carbonyl (C=O) groups excluding carboxylic acids is 1. The lowest BCUT2D eigenvalue weighted by Crippen LogP contribution is -2.57. The van der Waals surface area contributed by atoms with Crippen LogP contribution in [0.1, 0.15) is 41.0 Å². The quantitative estimate of drug-likeness (QED) is 0.805. The SMILES string of the molecule is CCC(C)N(C)C(=O)N(CC)C(C)(C)C(=O)O. The van der Waals surface area contributed by atoms with Crippen molar-refractivity contribution in [2.45, 2.75) is 52.6 Å². The molecule has 17 heavy (non-hydrogen) atoms. The number of carboxylic acid groups (broad SMARTS) is 1. The van der Waals surface area contributed by atoms with Crippen molar-refractivity contribution in [1.29, 1.82) is 0 Å². The molecule has 0 saturated heterocycles. The number of hydrogen-bond donors (Lipinski definition) is 1. The molecule has 0 radical (unpaired) electrons. The molecule has 0 saturated carbocycles. The van der Waals surface area contributed by atoms with Crippen molar-refractivity contribution in [2.24, 2.45) is 0 Å². The maximum Gasteiger partial charge on any atom is 0.329 e. The van der Waals surface area contributed by atoms with Crippen LogP contribution in [0.4, 0.5) is 4.79 Å². The summed E-state index contributed by atoms with van der Waals surface area (Å²) in [4.78, 5) is 26.4. The Morgan fingerprint density at radius 1 is 1.29 bits per heavy atom. The summed E-state index contributed by atoms with van der Waals surface area (Å²) in [5, 5.41) is 9.16. The van der Waals surface area contributed by atoms with E-state index in [-0.39, 0.29) is 12.1 Å². The van der Waals surface area contributed by atoms with Crippen LogP contribution in [0.25, 0.3) is 0 Å². The molecule has 0 heterocycles. The summed E-state index contributed by atoms with van der Waals surface area (Å²) in [6.45, 7) is 9.18. The summed E-state index contributed by atoms with van der Waals surface area (Å²) in [6, 6.07) is -0.143. The summed E-state index contributed by atoms with van der Waals surface area (Å²) >= 11 is 0.